The van der Waals surface area contributed by atoms with Crippen LogP contribution in [0.4, 0.5) is 4.39 Å². The van der Waals surface area contributed by atoms with Crippen LogP contribution < -0.4 is 0 Å². The summed E-state index contributed by atoms with van der Waals surface area (Å²) in [6, 6.07) is 6.41. The van der Waals surface area contributed by atoms with E-state index in [-0.39, 0.29) is 11.9 Å². The SMILES string of the molecule is CC1CN(CCC(O)c2ccccc2F)CCO1. The molecule has 1 aliphatic rings. The molecule has 1 aliphatic heterocycles. The van der Waals surface area contributed by atoms with Gasteiger partial charge in [0.25, 0.3) is 0 Å². The third-order valence-corrected chi connectivity index (χ3v) is 3.31. The maximum atomic E-state index is 13.5. The summed E-state index contributed by atoms with van der Waals surface area (Å²) >= 11 is 0. The molecule has 1 heterocycles. The zero-order valence-corrected chi connectivity index (χ0v) is 10.7. The lowest BCUT2D eigenvalue weighted by atomic mass is 10.1. The maximum Gasteiger partial charge on any atom is 0.128 e. The van der Waals surface area contributed by atoms with E-state index in [0.29, 0.717) is 12.0 Å². The predicted molar refractivity (Wildman–Crippen MR) is 67.8 cm³/mol. The molecule has 2 unspecified atom stereocenters. The van der Waals surface area contributed by atoms with Crippen LogP contribution >= 0.6 is 0 Å². The fourth-order valence-electron chi connectivity index (χ4n) is 2.30. The predicted octanol–water partition coefficient (Wildman–Crippen LogP) is 1.97. The number of halogens is 1. The standard InChI is InChI=1S/C14H20FNO2/c1-11-10-16(8-9-18-11)7-6-14(17)12-4-2-3-5-13(12)15/h2-5,11,14,17H,6-10H2,1H3. The number of nitrogens with zero attached hydrogens (tertiary/aromatic N) is 1. The lowest BCUT2D eigenvalue weighted by molar-refractivity contribution is -0.0222. The Morgan fingerprint density at radius 3 is 3.00 bits per heavy atom. The topological polar surface area (TPSA) is 32.7 Å². The minimum Gasteiger partial charge on any atom is -0.388 e. The summed E-state index contributed by atoms with van der Waals surface area (Å²) in [5.74, 6) is -0.333. The van der Waals surface area contributed by atoms with Gasteiger partial charge in [0.1, 0.15) is 5.82 Å². The van der Waals surface area contributed by atoms with Crippen LogP contribution in [0.15, 0.2) is 24.3 Å². The van der Waals surface area contributed by atoms with Crippen LogP contribution in [-0.4, -0.2) is 42.4 Å². The summed E-state index contributed by atoms with van der Waals surface area (Å²) in [6.45, 7) is 5.30. The smallest absolute Gasteiger partial charge is 0.128 e. The minimum atomic E-state index is -0.732. The number of hydrogen-bond donors (Lipinski definition) is 1. The van der Waals surface area contributed by atoms with Crippen molar-refractivity contribution in [3.05, 3.63) is 35.6 Å². The van der Waals surface area contributed by atoms with Gasteiger partial charge >= 0.3 is 0 Å². The van der Waals surface area contributed by atoms with Crippen molar-refractivity contribution in [1.82, 2.24) is 4.90 Å². The van der Waals surface area contributed by atoms with Gasteiger partial charge in [-0.15, -0.1) is 0 Å². The van der Waals surface area contributed by atoms with Gasteiger partial charge in [0.15, 0.2) is 0 Å². The lowest BCUT2D eigenvalue weighted by Gasteiger charge is -2.31. The second-order valence-corrected chi connectivity index (χ2v) is 4.81. The van der Waals surface area contributed by atoms with Crippen molar-refractivity contribution in [2.45, 2.75) is 25.6 Å². The van der Waals surface area contributed by atoms with E-state index in [0.717, 1.165) is 26.2 Å². The molecule has 0 radical (unpaired) electrons. The molecule has 1 fully saturated rings. The molecule has 1 aromatic carbocycles. The first kappa shape index (κ1) is 13.5. The summed E-state index contributed by atoms with van der Waals surface area (Å²) in [5, 5.41) is 10.00. The van der Waals surface area contributed by atoms with Crippen molar-refractivity contribution in [3.63, 3.8) is 0 Å². The summed E-state index contributed by atoms with van der Waals surface area (Å²) < 4.78 is 18.9. The highest BCUT2D eigenvalue weighted by Gasteiger charge is 2.18. The first-order valence-corrected chi connectivity index (χ1v) is 6.43. The Bertz CT molecular complexity index is 386. The molecule has 4 heteroatoms. The van der Waals surface area contributed by atoms with Crippen LogP contribution in [0.3, 0.4) is 0 Å². The van der Waals surface area contributed by atoms with Crippen molar-refractivity contribution in [3.8, 4) is 0 Å². The second-order valence-electron chi connectivity index (χ2n) is 4.81. The molecule has 1 N–H and O–H groups in total. The van der Waals surface area contributed by atoms with Gasteiger partial charge in [0.05, 0.1) is 18.8 Å². The highest BCUT2D eigenvalue weighted by atomic mass is 19.1. The molecule has 18 heavy (non-hydrogen) atoms. The summed E-state index contributed by atoms with van der Waals surface area (Å²) in [5.41, 5.74) is 0.388. The average Bonchev–Trinajstić information content (AvgIpc) is 2.37. The van der Waals surface area contributed by atoms with Crippen LogP contribution in [0.2, 0.25) is 0 Å². The Balaban J connectivity index is 1.84. The largest absolute Gasteiger partial charge is 0.388 e. The lowest BCUT2D eigenvalue weighted by Crippen LogP contribution is -2.41. The van der Waals surface area contributed by atoms with Gasteiger partial charge in [-0.2, -0.15) is 0 Å². The van der Waals surface area contributed by atoms with Gasteiger partial charge < -0.3 is 9.84 Å². The van der Waals surface area contributed by atoms with Gasteiger partial charge in [-0.1, -0.05) is 18.2 Å². The van der Waals surface area contributed by atoms with Gasteiger partial charge in [-0.3, -0.25) is 4.90 Å². The molecular weight excluding hydrogens is 233 g/mol. The Hall–Kier alpha value is -0.970. The molecule has 0 aromatic heterocycles. The van der Waals surface area contributed by atoms with Crippen molar-refractivity contribution in [2.24, 2.45) is 0 Å². The molecule has 2 rings (SSSR count). The summed E-state index contributed by atoms with van der Waals surface area (Å²) in [6.07, 6.45) is 0.0573. The van der Waals surface area contributed by atoms with E-state index < -0.39 is 6.10 Å². The molecule has 3 nitrogen and oxygen atoms in total. The number of morpholine rings is 1. The summed E-state index contributed by atoms with van der Waals surface area (Å²) in [4.78, 5) is 2.25. The zero-order chi connectivity index (χ0) is 13.0. The summed E-state index contributed by atoms with van der Waals surface area (Å²) in [7, 11) is 0. The van der Waals surface area contributed by atoms with Gasteiger partial charge in [0, 0.05) is 25.2 Å². The van der Waals surface area contributed by atoms with Crippen molar-refractivity contribution >= 4 is 0 Å². The van der Waals surface area contributed by atoms with Crippen LogP contribution in [0.1, 0.15) is 25.0 Å². The Kier molecular flexibility index (Phi) is 4.69. The monoisotopic (exact) mass is 253 g/mol. The van der Waals surface area contributed by atoms with E-state index in [4.69, 9.17) is 4.74 Å². The second kappa shape index (κ2) is 6.27. The van der Waals surface area contributed by atoms with E-state index in [1.165, 1.54) is 6.07 Å². The van der Waals surface area contributed by atoms with E-state index in [9.17, 15) is 9.50 Å². The van der Waals surface area contributed by atoms with Crippen LogP contribution in [0, 0.1) is 5.82 Å². The minimum absolute atomic E-state index is 0.240. The number of benzene rings is 1. The maximum absolute atomic E-state index is 13.5. The third kappa shape index (κ3) is 3.51. The molecule has 0 amide bonds. The van der Waals surface area contributed by atoms with Gasteiger partial charge in [-0.05, 0) is 19.4 Å². The zero-order valence-electron chi connectivity index (χ0n) is 10.7. The van der Waals surface area contributed by atoms with Gasteiger partial charge in [-0.25, -0.2) is 4.39 Å². The molecule has 100 valence electrons. The van der Waals surface area contributed by atoms with E-state index in [2.05, 4.69) is 4.90 Å². The Morgan fingerprint density at radius 2 is 2.28 bits per heavy atom. The molecule has 0 bridgehead atoms. The highest BCUT2D eigenvalue weighted by molar-refractivity contribution is 5.19. The normalized spacial score (nSPS) is 22.9. The Morgan fingerprint density at radius 1 is 1.50 bits per heavy atom. The molecule has 0 aliphatic carbocycles. The molecule has 1 aromatic rings. The Labute approximate surface area is 107 Å². The van der Waals surface area contributed by atoms with Crippen molar-refractivity contribution < 1.29 is 14.2 Å². The number of aliphatic hydroxyl groups is 1. The number of hydrogen-bond acceptors (Lipinski definition) is 3. The quantitative estimate of drug-likeness (QED) is 0.890. The van der Waals surface area contributed by atoms with Crippen LogP contribution in [0.25, 0.3) is 0 Å². The van der Waals surface area contributed by atoms with E-state index >= 15 is 0 Å². The molecular formula is C14H20FNO2. The van der Waals surface area contributed by atoms with Crippen molar-refractivity contribution in [1.29, 1.82) is 0 Å². The molecule has 2 atom stereocenters. The molecule has 1 saturated heterocycles. The molecule has 0 spiro atoms. The molecule has 0 saturated carbocycles. The first-order chi connectivity index (χ1) is 8.66. The van der Waals surface area contributed by atoms with E-state index in [1.54, 1.807) is 18.2 Å². The fraction of sp³-hybridized carbons (Fsp3) is 0.571. The number of aliphatic hydroxyl groups excluding tert-OH is 1. The highest BCUT2D eigenvalue weighted by Crippen LogP contribution is 2.20. The van der Waals surface area contributed by atoms with Crippen LogP contribution in [-0.2, 0) is 4.74 Å². The van der Waals surface area contributed by atoms with Crippen LogP contribution in [0.5, 0.6) is 0 Å². The third-order valence-electron chi connectivity index (χ3n) is 3.31. The first-order valence-electron chi connectivity index (χ1n) is 6.43. The fourth-order valence-corrected chi connectivity index (χ4v) is 2.30. The average molecular weight is 253 g/mol. The van der Waals surface area contributed by atoms with Gasteiger partial charge in [0.2, 0.25) is 0 Å². The van der Waals surface area contributed by atoms with Crippen molar-refractivity contribution in [2.75, 3.05) is 26.2 Å². The van der Waals surface area contributed by atoms with E-state index in [1.807, 2.05) is 6.92 Å². The number of rotatable bonds is 4. The number of ether oxygens (including phenoxy) is 1.